The Balaban J connectivity index is 2.22. The van der Waals surface area contributed by atoms with Gasteiger partial charge in [-0.1, -0.05) is 6.07 Å². The van der Waals surface area contributed by atoms with Gasteiger partial charge in [0.05, 0.1) is 10.6 Å². The number of aromatic nitrogens is 3. The van der Waals surface area contributed by atoms with Crippen molar-refractivity contribution in [2.45, 2.75) is 6.92 Å². The van der Waals surface area contributed by atoms with Gasteiger partial charge in [-0.2, -0.15) is 0 Å². The molecule has 3 rings (SSSR count). The summed E-state index contributed by atoms with van der Waals surface area (Å²) in [7, 11) is 0. The molecule has 78 valence electrons. The largest absolute Gasteiger partial charge is 0.241 e. The molecule has 0 amide bonds. The monoisotopic (exact) mass is 227 g/mol. The van der Waals surface area contributed by atoms with Crippen LogP contribution >= 0.6 is 11.3 Å². The van der Waals surface area contributed by atoms with E-state index in [4.69, 9.17) is 0 Å². The number of rotatable bonds is 1. The molecular formula is C12H9N3S. The van der Waals surface area contributed by atoms with Gasteiger partial charge in [-0.25, -0.2) is 15.0 Å². The van der Waals surface area contributed by atoms with Crippen LogP contribution in [0.5, 0.6) is 0 Å². The Bertz CT molecular complexity index is 632. The predicted octanol–water partition coefficient (Wildman–Crippen LogP) is 3.06. The van der Waals surface area contributed by atoms with Gasteiger partial charge < -0.3 is 0 Å². The molecule has 3 aromatic heterocycles. The minimum atomic E-state index is 0.753. The van der Waals surface area contributed by atoms with E-state index < -0.39 is 0 Å². The lowest BCUT2D eigenvalue weighted by Gasteiger charge is -2.00. The number of fused-ring (bicyclic) bond motifs is 1. The highest BCUT2D eigenvalue weighted by molar-refractivity contribution is 7.13. The molecule has 0 bridgehead atoms. The lowest BCUT2D eigenvalue weighted by Crippen LogP contribution is -1.91. The zero-order valence-corrected chi connectivity index (χ0v) is 9.53. The summed E-state index contributed by atoms with van der Waals surface area (Å²) in [4.78, 5) is 14.2. The Hall–Kier alpha value is -1.81. The first-order valence-electron chi connectivity index (χ1n) is 4.97. The predicted molar refractivity (Wildman–Crippen MR) is 65.4 cm³/mol. The lowest BCUT2D eigenvalue weighted by molar-refractivity contribution is 1.07. The topological polar surface area (TPSA) is 38.7 Å². The Morgan fingerprint density at radius 3 is 2.88 bits per heavy atom. The van der Waals surface area contributed by atoms with Gasteiger partial charge in [-0.15, -0.1) is 11.3 Å². The normalized spacial score (nSPS) is 10.8. The van der Waals surface area contributed by atoms with Gasteiger partial charge in [0, 0.05) is 11.6 Å². The molecule has 0 aromatic carbocycles. The molecule has 3 aromatic rings. The maximum atomic E-state index is 4.54. The minimum absolute atomic E-state index is 0.753. The summed E-state index contributed by atoms with van der Waals surface area (Å²) in [6.45, 7) is 1.87. The summed E-state index contributed by atoms with van der Waals surface area (Å²) in [5.74, 6) is 0.753. The molecule has 0 N–H and O–H groups in total. The van der Waals surface area contributed by atoms with Crippen molar-refractivity contribution in [2.24, 2.45) is 0 Å². The molecule has 16 heavy (non-hydrogen) atoms. The van der Waals surface area contributed by atoms with Crippen molar-refractivity contribution in [3.05, 3.63) is 41.7 Å². The van der Waals surface area contributed by atoms with Crippen molar-refractivity contribution in [2.75, 3.05) is 0 Å². The Kier molecular flexibility index (Phi) is 2.15. The highest BCUT2D eigenvalue weighted by Crippen LogP contribution is 2.24. The molecule has 0 fully saturated rings. The first kappa shape index (κ1) is 9.42. The number of hydrogen-bond acceptors (Lipinski definition) is 4. The number of thiophene rings is 1. The maximum Gasteiger partial charge on any atom is 0.163 e. The van der Waals surface area contributed by atoms with Gasteiger partial charge in [0.15, 0.2) is 5.65 Å². The molecule has 0 saturated heterocycles. The van der Waals surface area contributed by atoms with Gasteiger partial charge in [0.1, 0.15) is 5.82 Å². The molecule has 0 atom stereocenters. The van der Waals surface area contributed by atoms with E-state index in [0.29, 0.717) is 0 Å². The number of aryl methyl sites for hydroxylation is 1. The molecule has 3 nitrogen and oxygen atoms in total. The number of hydrogen-bond donors (Lipinski definition) is 0. The quantitative estimate of drug-likeness (QED) is 0.641. The third kappa shape index (κ3) is 1.57. The lowest BCUT2D eigenvalue weighted by atomic mass is 10.2. The molecule has 0 saturated carbocycles. The van der Waals surface area contributed by atoms with Crippen LogP contribution in [0.2, 0.25) is 0 Å². The summed E-state index contributed by atoms with van der Waals surface area (Å²) >= 11 is 1.68. The van der Waals surface area contributed by atoms with Crippen molar-refractivity contribution in [3.8, 4) is 10.6 Å². The number of pyridine rings is 1. The van der Waals surface area contributed by atoms with Crippen LogP contribution in [0, 0.1) is 6.92 Å². The van der Waals surface area contributed by atoms with E-state index in [2.05, 4.69) is 21.0 Å². The average Bonchev–Trinajstić information content (AvgIpc) is 2.81. The smallest absolute Gasteiger partial charge is 0.163 e. The van der Waals surface area contributed by atoms with Gasteiger partial charge in [0.25, 0.3) is 0 Å². The van der Waals surface area contributed by atoms with Crippen LogP contribution in [0.15, 0.2) is 35.8 Å². The van der Waals surface area contributed by atoms with Crippen molar-refractivity contribution in [1.82, 2.24) is 15.0 Å². The second-order valence-corrected chi connectivity index (χ2v) is 4.45. The highest BCUT2D eigenvalue weighted by Gasteiger charge is 2.03. The molecule has 3 heterocycles. The Labute approximate surface area is 96.8 Å². The first-order valence-corrected chi connectivity index (χ1v) is 5.85. The molecule has 0 aliphatic heterocycles. The van der Waals surface area contributed by atoms with Gasteiger partial charge in [0.2, 0.25) is 0 Å². The summed E-state index contributed by atoms with van der Waals surface area (Å²) in [5.41, 5.74) is 1.74. The fourth-order valence-corrected chi connectivity index (χ4v) is 2.25. The minimum Gasteiger partial charge on any atom is -0.241 e. The molecule has 0 unspecified atom stereocenters. The van der Waals surface area contributed by atoms with Crippen LogP contribution in [0.1, 0.15) is 5.82 Å². The fraction of sp³-hybridized carbons (Fsp3) is 0.0833. The third-order valence-electron chi connectivity index (χ3n) is 2.34. The van der Waals surface area contributed by atoms with Crippen LogP contribution in [0.4, 0.5) is 0 Å². The zero-order chi connectivity index (χ0) is 11.0. The van der Waals surface area contributed by atoms with Crippen molar-refractivity contribution >= 4 is 22.4 Å². The van der Waals surface area contributed by atoms with E-state index in [9.17, 15) is 0 Å². The van der Waals surface area contributed by atoms with Crippen LogP contribution in [-0.2, 0) is 0 Å². The molecular weight excluding hydrogens is 218 g/mol. The van der Waals surface area contributed by atoms with E-state index >= 15 is 0 Å². The van der Waals surface area contributed by atoms with E-state index in [0.717, 1.165) is 27.4 Å². The molecule has 0 spiro atoms. The Morgan fingerprint density at radius 2 is 2.06 bits per heavy atom. The summed E-state index contributed by atoms with van der Waals surface area (Å²) in [5, 5.41) is 3.03. The second-order valence-electron chi connectivity index (χ2n) is 3.50. The highest BCUT2D eigenvalue weighted by atomic mass is 32.1. The van der Waals surface area contributed by atoms with E-state index in [1.54, 1.807) is 11.3 Å². The van der Waals surface area contributed by atoms with Crippen molar-refractivity contribution in [1.29, 1.82) is 0 Å². The van der Waals surface area contributed by atoms with Crippen LogP contribution in [0.25, 0.3) is 21.6 Å². The average molecular weight is 227 g/mol. The second kappa shape index (κ2) is 3.64. The summed E-state index contributed by atoms with van der Waals surface area (Å²) < 4.78 is 0. The van der Waals surface area contributed by atoms with Gasteiger partial charge >= 0.3 is 0 Å². The molecule has 0 aliphatic rings. The SMILES string of the molecule is Cc1ncc2ccc(-c3cccs3)nc2n1. The molecule has 4 heteroatoms. The molecule has 0 aliphatic carbocycles. The Morgan fingerprint density at radius 1 is 1.12 bits per heavy atom. The van der Waals surface area contributed by atoms with E-state index in [1.165, 1.54) is 0 Å². The summed E-state index contributed by atoms with van der Waals surface area (Å²) in [6, 6.07) is 8.10. The third-order valence-corrected chi connectivity index (χ3v) is 3.23. The zero-order valence-electron chi connectivity index (χ0n) is 8.71. The van der Waals surface area contributed by atoms with E-state index in [-0.39, 0.29) is 0 Å². The van der Waals surface area contributed by atoms with Gasteiger partial charge in [-0.3, -0.25) is 0 Å². The molecule has 0 radical (unpaired) electrons. The number of nitrogens with zero attached hydrogens (tertiary/aromatic N) is 3. The van der Waals surface area contributed by atoms with Crippen molar-refractivity contribution < 1.29 is 0 Å². The standard InChI is InChI=1S/C12H9N3S/c1-8-13-7-9-4-5-10(15-12(9)14-8)11-3-2-6-16-11/h2-7H,1H3. The van der Waals surface area contributed by atoms with Crippen LogP contribution in [-0.4, -0.2) is 15.0 Å². The summed E-state index contributed by atoms with van der Waals surface area (Å²) in [6.07, 6.45) is 1.81. The van der Waals surface area contributed by atoms with Crippen molar-refractivity contribution in [3.63, 3.8) is 0 Å². The maximum absolute atomic E-state index is 4.54. The first-order chi connectivity index (χ1) is 7.83. The van der Waals surface area contributed by atoms with Gasteiger partial charge in [-0.05, 0) is 30.5 Å². The van der Waals surface area contributed by atoms with Crippen LogP contribution < -0.4 is 0 Å². The van der Waals surface area contributed by atoms with Crippen LogP contribution in [0.3, 0.4) is 0 Å². The van der Waals surface area contributed by atoms with E-state index in [1.807, 2.05) is 36.7 Å². The fourth-order valence-electron chi connectivity index (χ4n) is 1.56.